The van der Waals surface area contributed by atoms with Crippen molar-refractivity contribution in [2.75, 3.05) is 26.6 Å². The molecule has 0 radical (unpaired) electrons. The van der Waals surface area contributed by atoms with E-state index in [1.807, 2.05) is 0 Å². The lowest BCUT2D eigenvalue weighted by Gasteiger charge is -2.21. The number of benzene rings is 2. The van der Waals surface area contributed by atoms with E-state index in [1.165, 1.54) is 27.4 Å². The molecule has 0 saturated carbocycles. The van der Waals surface area contributed by atoms with Gasteiger partial charge in [-0.25, -0.2) is 4.79 Å². The number of carbonyl (C=O) groups is 3. The number of hydrogen-bond acceptors (Lipinski definition) is 7. The monoisotopic (exact) mass is 458 g/mol. The third kappa shape index (κ3) is 7.71. The minimum absolute atomic E-state index is 0.0897. The van der Waals surface area contributed by atoms with E-state index in [-0.39, 0.29) is 6.42 Å². The molecule has 1 unspecified atom stereocenters. The Hall–Kier alpha value is -3.75. The van der Waals surface area contributed by atoms with Gasteiger partial charge < -0.3 is 24.3 Å². The highest BCUT2D eigenvalue weighted by Crippen LogP contribution is 2.31. The first-order valence-corrected chi connectivity index (χ1v) is 10.3. The molecule has 0 aliphatic rings. The van der Waals surface area contributed by atoms with E-state index >= 15 is 0 Å². The van der Waals surface area contributed by atoms with Gasteiger partial charge in [-0.2, -0.15) is 0 Å². The maximum absolute atomic E-state index is 13.0. The normalized spacial score (nSPS) is 11.7. The van der Waals surface area contributed by atoms with Gasteiger partial charge in [0.2, 0.25) is 0 Å². The van der Waals surface area contributed by atoms with Crippen molar-refractivity contribution in [1.29, 1.82) is 0 Å². The topological polar surface area (TPSA) is 112 Å². The standard InChI is InChI=1S/C24H30N2O7/c1-24(2,3)33-23(29)25-17-9-7-8-16(12-17)22(28)26-18(14-21(27)32-6)15-10-11-19(30-4)20(13-15)31-5/h7-13,18H,14H2,1-6H3,(H,25,29)(H,26,28). The van der Waals surface area contributed by atoms with E-state index in [4.69, 9.17) is 18.9 Å². The van der Waals surface area contributed by atoms with Gasteiger partial charge in [0.15, 0.2) is 11.5 Å². The predicted molar refractivity (Wildman–Crippen MR) is 123 cm³/mol. The zero-order valence-electron chi connectivity index (χ0n) is 19.7. The second-order valence-electron chi connectivity index (χ2n) is 8.13. The van der Waals surface area contributed by atoms with Crippen molar-refractivity contribution < 1.29 is 33.3 Å². The predicted octanol–water partition coefficient (Wildman–Crippen LogP) is 4.09. The molecule has 0 aliphatic carbocycles. The average Bonchev–Trinajstić information content (AvgIpc) is 2.76. The van der Waals surface area contributed by atoms with Crippen molar-refractivity contribution in [3.8, 4) is 11.5 Å². The zero-order valence-corrected chi connectivity index (χ0v) is 19.7. The summed E-state index contributed by atoms with van der Waals surface area (Å²) in [4.78, 5) is 37.0. The lowest BCUT2D eigenvalue weighted by atomic mass is 10.0. The van der Waals surface area contributed by atoms with Crippen LogP contribution in [0.3, 0.4) is 0 Å². The molecular weight excluding hydrogens is 428 g/mol. The van der Waals surface area contributed by atoms with E-state index in [0.29, 0.717) is 28.3 Å². The molecule has 2 aromatic rings. The zero-order chi connectivity index (χ0) is 24.6. The molecule has 2 N–H and O–H groups in total. The van der Waals surface area contributed by atoms with Crippen LogP contribution in [0.2, 0.25) is 0 Å². The first-order valence-electron chi connectivity index (χ1n) is 10.3. The number of amides is 2. The minimum atomic E-state index is -0.688. The Labute approximate surface area is 193 Å². The van der Waals surface area contributed by atoms with Crippen LogP contribution in [0.4, 0.5) is 10.5 Å². The number of anilines is 1. The van der Waals surface area contributed by atoms with Gasteiger partial charge in [0, 0.05) is 11.3 Å². The van der Waals surface area contributed by atoms with Crippen LogP contribution < -0.4 is 20.1 Å². The summed E-state index contributed by atoms with van der Waals surface area (Å²) in [6.45, 7) is 5.27. The Balaban J connectivity index is 2.24. The van der Waals surface area contributed by atoms with Crippen LogP contribution in [-0.4, -0.2) is 44.9 Å². The highest BCUT2D eigenvalue weighted by atomic mass is 16.6. The maximum Gasteiger partial charge on any atom is 0.412 e. The van der Waals surface area contributed by atoms with Crippen molar-refractivity contribution >= 4 is 23.7 Å². The molecule has 0 aromatic heterocycles. The molecule has 178 valence electrons. The van der Waals surface area contributed by atoms with E-state index in [0.717, 1.165) is 0 Å². The third-order valence-electron chi connectivity index (χ3n) is 4.48. The van der Waals surface area contributed by atoms with Gasteiger partial charge in [0.1, 0.15) is 5.60 Å². The van der Waals surface area contributed by atoms with Crippen LogP contribution in [0.15, 0.2) is 42.5 Å². The average molecular weight is 459 g/mol. The van der Waals surface area contributed by atoms with Crippen LogP contribution in [0.5, 0.6) is 11.5 Å². The summed E-state index contributed by atoms with van der Waals surface area (Å²) >= 11 is 0. The maximum atomic E-state index is 13.0. The van der Waals surface area contributed by atoms with Crippen molar-refractivity contribution in [1.82, 2.24) is 5.32 Å². The van der Waals surface area contributed by atoms with Gasteiger partial charge in [-0.05, 0) is 56.7 Å². The van der Waals surface area contributed by atoms with Gasteiger partial charge >= 0.3 is 12.1 Å². The Bertz CT molecular complexity index is 999. The number of carbonyl (C=O) groups excluding carboxylic acids is 3. The highest BCUT2D eigenvalue weighted by molar-refractivity contribution is 5.96. The van der Waals surface area contributed by atoms with Crippen LogP contribution >= 0.6 is 0 Å². The fourth-order valence-corrected chi connectivity index (χ4v) is 2.97. The fourth-order valence-electron chi connectivity index (χ4n) is 2.97. The van der Waals surface area contributed by atoms with Gasteiger partial charge in [-0.1, -0.05) is 12.1 Å². The molecule has 9 nitrogen and oxygen atoms in total. The van der Waals surface area contributed by atoms with E-state index < -0.39 is 29.6 Å². The number of hydrogen-bond donors (Lipinski definition) is 2. The summed E-state index contributed by atoms with van der Waals surface area (Å²) in [7, 11) is 4.30. The largest absolute Gasteiger partial charge is 0.493 e. The number of rotatable bonds is 8. The summed E-state index contributed by atoms with van der Waals surface area (Å²) < 4.78 is 20.6. The number of esters is 1. The highest BCUT2D eigenvalue weighted by Gasteiger charge is 2.22. The molecule has 2 amide bonds. The van der Waals surface area contributed by atoms with Crippen LogP contribution in [0.1, 0.15) is 49.2 Å². The van der Waals surface area contributed by atoms with Crippen LogP contribution in [0, 0.1) is 0 Å². The lowest BCUT2D eigenvalue weighted by molar-refractivity contribution is -0.141. The van der Waals surface area contributed by atoms with Crippen LogP contribution in [0.25, 0.3) is 0 Å². The Morgan fingerprint density at radius 2 is 1.64 bits per heavy atom. The SMILES string of the molecule is COC(=O)CC(NC(=O)c1cccc(NC(=O)OC(C)(C)C)c1)c1ccc(OC)c(OC)c1. The molecule has 9 heteroatoms. The molecule has 2 aromatic carbocycles. The van der Waals surface area contributed by atoms with Gasteiger partial charge in [-0.15, -0.1) is 0 Å². The Morgan fingerprint density at radius 1 is 0.939 bits per heavy atom. The molecule has 0 bridgehead atoms. The molecular formula is C24H30N2O7. The fraction of sp³-hybridized carbons (Fsp3) is 0.375. The molecule has 0 fully saturated rings. The van der Waals surface area contributed by atoms with E-state index in [1.54, 1.807) is 57.2 Å². The van der Waals surface area contributed by atoms with Crippen molar-refractivity contribution in [2.24, 2.45) is 0 Å². The summed E-state index contributed by atoms with van der Waals surface area (Å²) in [6.07, 6.45) is -0.720. The summed E-state index contributed by atoms with van der Waals surface area (Å²) in [6, 6.07) is 10.8. The molecule has 0 saturated heterocycles. The molecule has 0 spiro atoms. The van der Waals surface area contributed by atoms with Gasteiger partial charge in [-0.3, -0.25) is 14.9 Å². The second-order valence-corrected chi connectivity index (χ2v) is 8.13. The summed E-state index contributed by atoms with van der Waals surface area (Å²) in [5.74, 6) is 0.0509. The first kappa shape index (κ1) is 25.5. The van der Waals surface area contributed by atoms with Crippen LogP contribution in [-0.2, 0) is 14.3 Å². The number of ether oxygens (including phenoxy) is 4. The smallest absolute Gasteiger partial charge is 0.412 e. The lowest BCUT2D eigenvalue weighted by Crippen LogP contribution is -2.30. The molecule has 1 atom stereocenters. The quantitative estimate of drug-likeness (QED) is 0.573. The minimum Gasteiger partial charge on any atom is -0.493 e. The van der Waals surface area contributed by atoms with Crippen molar-refractivity contribution in [3.05, 3.63) is 53.6 Å². The summed E-state index contributed by atoms with van der Waals surface area (Å²) in [5.41, 5.74) is 0.667. The van der Waals surface area contributed by atoms with Gasteiger partial charge in [0.25, 0.3) is 5.91 Å². The molecule has 0 heterocycles. The van der Waals surface area contributed by atoms with Gasteiger partial charge in [0.05, 0.1) is 33.8 Å². The van der Waals surface area contributed by atoms with Crippen molar-refractivity contribution in [3.63, 3.8) is 0 Å². The van der Waals surface area contributed by atoms with E-state index in [2.05, 4.69) is 10.6 Å². The second kappa shape index (κ2) is 11.2. The Morgan fingerprint density at radius 3 is 2.24 bits per heavy atom. The Kier molecular flexibility index (Phi) is 8.67. The molecule has 33 heavy (non-hydrogen) atoms. The summed E-state index contributed by atoms with van der Waals surface area (Å²) in [5, 5.41) is 5.44. The third-order valence-corrected chi connectivity index (χ3v) is 4.48. The number of nitrogens with one attached hydrogen (secondary N) is 2. The van der Waals surface area contributed by atoms with E-state index in [9.17, 15) is 14.4 Å². The first-order chi connectivity index (χ1) is 15.6. The molecule has 0 aliphatic heterocycles. The molecule has 2 rings (SSSR count). The van der Waals surface area contributed by atoms with Crippen molar-refractivity contribution in [2.45, 2.75) is 38.8 Å². The number of methoxy groups -OCH3 is 3.